The molecule has 0 N–H and O–H groups in total. The fourth-order valence-corrected chi connectivity index (χ4v) is 4.34. The van der Waals surface area contributed by atoms with Gasteiger partial charge >= 0.3 is 0 Å². The summed E-state index contributed by atoms with van der Waals surface area (Å²) in [5.41, 5.74) is 5.40. The maximum absolute atomic E-state index is 9.27. The van der Waals surface area contributed by atoms with Crippen molar-refractivity contribution >= 4 is 27.6 Å². The molecule has 23 heavy (non-hydrogen) atoms. The molecule has 5 heteroatoms. The lowest BCUT2D eigenvalue weighted by Crippen LogP contribution is -1.94. The van der Waals surface area contributed by atoms with Crippen molar-refractivity contribution in [3.8, 4) is 27.9 Å². The van der Waals surface area contributed by atoms with Gasteiger partial charge in [0.25, 0.3) is 0 Å². The number of benzene rings is 1. The highest BCUT2D eigenvalue weighted by Gasteiger charge is 2.19. The third kappa shape index (κ3) is 2.37. The molecule has 3 nitrogen and oxygen atoms in total. The van der Waals surface area contributed by atoms with Crippen LogP contribution in [0.1, 0.15) is 11.3 Å². The number of aromatic nitrogens is 2. The number of hydrogen-bond acceptors (Lipinski definition) is 4. The maximum atomic E-state index is 9.27. The molecule has 0 unspecified atom stereocenters. The molecule has 1 aromatic carbocycles. The van der Waals surface area contributed by atoms with Gasteiger partial charge < -0.3 is 0 Å². The van der Waals surface area contributed by atoms with Crippen molar-refractivity contribution in [1.29, 1.82) is 5.26 Å². The van der Waals surface area contributed by atoms with Gasteiger partial charge in [-0.15, -0.1) is 22.7 Å². The van der Waals surface area contributed by atoms with Gasteiger partial charge in [-0.3, -0.25) is 4.40 Å². The van der Waals surface area contributed by atoms with Crippen LogP contribution in [0.4, 0.5) is 0 Å². The van der Waals surface area contributed by atoms with Crippen LogP contribution in [0.5, 0.6) is 0 Å². The number of thiophene rings is 1. The van der Waals surface area contributed by atoms with Gasteiger partial charge in [0.2, 0.25) is 0 Å². The van der Waals surface area contributed by atoms with Gasteiger partial charge in [-0.2, -0.15) is 5.26 Å². The van der Waals surface area contributed by atoms with E-state index in [1.165, 1.54) is 5.56 Å². The van der Waals surface area contributed by atoms with Crippen LogP contribution >= 0.6 is 22.7 Å². The Labute approximate surface area is 142 Å². The second-order valence-electron chi connectivity index (χ2n) is 5.32. The van der Waals surface area contributed by atoms with E-state index < -0.39 is 0 Å². The summed E-state index contributed by atoms with van der Waals surface area (Å²) in [7, 11) is 0. The molecule has 112 valence electrons. The third-order valence-electron chi connectivity index (χ3n) is 3.81. The van der Waals surface area contributed by atoms with Gasteiger partial charge in [0.15, 0.2) is 4.96 Å². The zero-order valence-electron chi connectivity index (χ0n) is 12.5. The molecular weight excluding hydrogens is 322 g/mol. The van der Waals surface area contributed by atoms with Gasteiger partial charge in [-0.05, 0) is 23.9 Å². The van der Waals surface area contributed by atoms with Crippen molar-refractivity contribution in [3.63, 3.8) is 0 Å². The number of aryl methyl sites for hydroxylation is 1. The number of rotatable bonds is 3. The normalized spacial score (nSPS) is 11.0. The summed E-state index contributed by atoms with van der Waals surface area (Å²) in [6, 6.07) is 14.8. The standard InChI is InChI=1S/C18H13N3S2/c1-12-4-6-13(7-5-12)15-11-23-18-20-17(16-3-2-10-22-16)14(8-9-19)21(15)18/h2-7,10-11H,8H2,1H3. The molecule has 3 heterocycles. The number of hydrogen-bond donors (Lipinski definition) is 0. The molecule has 3 aromatic heterocycles. The minimum absolute atomic E-state index is 0.351. The lowest BCUT2D eigenvalue weighted by molar-refractivity contribution is 1.08. The van der Waals surface area contributed by atoms with Crippen LogP contribution in [0, 0.1) is 18.3 Å². The van der Waals surface area contributed by atoms with Crippen molar-refractivity contribution in [2.24, 2.45) is 0 Å². The summed E-state index contributed by atoms with van der Waals surface area (Å²) < 4.78 is 2.13. The van der Waals surface area contributed by atoms with E-state index in [-0.39, 0.29) is 0 Å². The predicted molar refractivity (Wildman–Crippen MR) is 95.9 cm³/mol. The fourth-order valence-electron chi connectivity index (χ4n) is 2.69. The molecular formula is C18H13N3S2. The number of thiazole rings is 1. The first-order valence-corrected chi connectivity index (χ1v) is 9.00. The van der Waals surface area contributed by atoms with Gasteiger partial charge in [0, 0.05) is 5.38 Å². The van der Waals surface area contributed by atoms with E-state index in [2.05, 4.69) is 53.1 Å². The predicted octanol–water partition coefficient (Wildman–Crippen LogP) is 5.17. The number of imidazole rings is 1. The average Bonchev–Trinajstić information content (AvgIpc) is 3.25. The highest BCUT2D eigenvalue weighted by molar-refractivity contribution is 7.15. The molecule has 0 aliphatic rings. The van der Waals surface area contributed by atoms with E-state index in [1.807, 2.05) is 11.4 Å². The Bertz CT molecular complexity index is 999. The van der Waals surface area contributed by atoms with Crippen LogP contribution in [0.15, 0.2) is 47.2 Å². The van der Waals surface area contributed by atoms with Gasteiger partial charge in [0.1, 0.15) is 5.69 Å². The quantitative estimate of drug-likeness (QED) is 0.518. The number of fused-ring (bicyclic) bond motifs is 1. The van der Waals surface area contributed by atoms with Crippen molar-refractivity contribution in [2.75, 3.05) is 0 Å². The summed E-state index contributed by atoms with van der Waals surface area (Å²) in [6.45, 7) is 2.08. The Morgan fingerprint density at radius 2 is 2.00 bits per heavy atom. The topological polar surface area (TPSA) is 41.1 Å². The van der Waals surface area contributed by atoms with E-state index in [4.69, 9.17) is 4.98 Å². The van der Waals surface area contributed by atoms with Crippen LogP contribution in [0.25, 0.3) is 26.8 Å². The summed E-state index contributed by atoms with van der Waals surface area (Å²) in [5, 5.41) is 13.4. The minimum atomic E-state index is 0.351. The molecule has 0 spiro atoms. The Kier molecular flexibility index (Phi) is 3.49. The van der Waals surface area contributed by atoms with Crippen molar-refractivity contribution < 1.29 is 0 Å². The molecule has 0 aliphatic heterocycles. The molecule has 0 bridgehead atoms. The average molecular weight is 335 g/mol. The highest BCUT2D eigenvalue weighted by atomic mass is 32.1. The molecule has 4 rings (SSSR count). The second kappa shape index (κ2) is 5.65. The van der Waals surface area contributed by atoms with Crippen LogP contribution in [-0.2, 0) is 6.42 Å². The van der Waals surface area contributed by atoms with E-state index in [1.54, 1.807) is 22.7 Å². The molecule has 0 saturated heterocycles. The molecule has 0 saturated carbocycles. The second-order valence-corrected chi connectivity index (χ2v) is 7.11. The summed E-state index contributed by atoms with van der Waals surface area (Å²) >= 11 is 3.28. The third-order valence-corrected chi connectivity index (χ3v) is 5.51. The molecule has 0 aliphatic carbocycles. The molecule has 0 amide bonds. The Morgan fingerprint density at radius 3 is 2.70 bits per heavy atom. The van der Waals surface area contributed by atoms with Crippen LogP contribution in [0.2, 0.25) is 0 Å². The van der Waals surface area contributed by atoms with Crippen molar-refractivity contribution in [3.05, 3.63) is 58.4 Å². The molecule has 0 fully saturated rings. The van der Waals surface area contributed by atoms with E-state index in [0.29, 0.717) is 6.42 Å². The number of nitrogens with zero attached hydrogens (tertiary/aromatic N) is 3. The lowest BCUT2D eigenvalue weighted by atomic mass is 10.1. The summed E-state index contributed by atoms with van der Waals surface area (Å²) in [5.74, 6) is 0. The van der Waals surface area contributed by atoms with Gasteiger partial charge in [-0.1, -0.05) is 35.9 Å². The van der Waals surface area contributed by atoms with Crippen LogP contribution < -0.4 is 0 Å². The molecule has 0 radical (unpaired) electrons. The summed E-state index contributed by atoms with van der Waals surface area (Å²) in [4.78, 5) is 6.83. The largest absolute Gasteiger partial charge is 0.286 e. The number of nitriles is 1. The van der Waals surface area contributed by atoms with E-state index >= 15 is 0 Å². The molecule has 0 atom stereocenters. The minimum Gasteiger partial charge on any atom is -0.286 e. The Morgan fingerprint density at radius 1 is 1.17 bits per heavy atom. The Hall–Kier alpha value is -2.42. The van der Waals surface area contributed by atoms with E-state index in [9.17, 15) is 5.26 Å². The zero-order valence-corrected chi connectivity index (χ0v) is 14.1. The Balaban J connectivity index is 1.97. The van der Waals surface area contributed by atoms with Crippen LogP contribution in [0.3, 0.4) is 0 Å². The lowest BCUT2D eigenvalue weighted by Gasteiger charge is -2.04. The smallest absolute Gasteiger partial charge is 0.195 e. The first-order valence-electron chi connectivity index (χ1n) is 7.24. The maximum Gasteiger partial charge on any atom is 0.195 e. The summed E-state index contributed by atoms with van der Waals surface area (Å²) in [6.07, 6.45) is 0.351. The molecule has 4 aromatic rings. The van der Waals surface area contributed by atoms with Gasteiger partial charge in [0.05, 0.1) is 28.8 Å². The van der Waals surface area contributed by atoms with Gasteiger partial charge in [-0.25, -0.2) is 4.98 Å². The van der Waals surface area contributed by atoms with Crippen molar-refractivity contribution in [1.82, 2.24) is 9.38 Å². The van der Waals surface area contributed by atoms with E-state index in [0.717, 1.165) is 32.5 Å². The monoisotopic (exact) mass is 335 g/mol. The SMILES string of the molecule is Cc1ccc(-c2csc3nc(-c4cccs4)c(CC#N)n23)cc1. The zero-order chi connectivity index (χ0) is 15.8. The first-order chi connectivity index (χ1) is 11.3. The fraction of sp³-hybridized carbons (Fsp3) is 0.111. The van der Waals surface area contributed by atoms with Crippen molar-refractivity contribution in [2.45, 2.75) is 13.3 Å². The van der Waals surface area contributed by atoms with Crippen LogP contribution in [-0.4, -0.2) is 9.38 Å². The first kappa shape index (κ1) is 14.2. The highest BCUT2D eigenvalue weighted by Crippen LogP contribution is 2.34.